The summed E-state index contributed by atoms with van der Waals surface area (Å²) in [6.07, 6.45) is 8.27. The van der Waals surface area contributed by atoms with Crippen LogP contribution in [-0.2, 0) is 19.5 Å². The molecular weight excluding hydrogens is 496 g/mol. The van der Waals surface area contributed by atoms with Gasteiger partial charge in [0.05, 0.1) is 18.8 Å². The predicted octanol–water partition coefficient (Wildman–Crippen LogP) is 6.03. The SMILES string of the molecule is CCc1ccc2[nH]c(=O)c(C(c3nnnn3C3CCCCC3)N(Cc3ccco3)Cc3cccs3)cc2c1. The lowest BCUT2D eigenvalue weighted by molar-refractivity contribution is 0.175. The molecule has 0 spiro atoms. The summed E-state index contributed by atoms with van der Waals surface area (Å²) in [5.41, 5.74) is 2.57. The number of aromatic amines is 1. The molecule has 5 aromatic rings. The number of H-pyrrole nitrogens is 1. The first kappa shape index (κ1) is 24.8. The highest BCUT2D eigenvalue weighted by Gasteiger charge is 2.33. The van der Waals surface area contributed by atoms with Gasteiger partial charge in [-0.2, -0.15) is 0 Å². The number of benzene rings is 1. The molecule has 4 heterocycles. The number of rotatable bonds is 9. The molecule has 6 rings (SSSR count). The van der Waals surface area contributed by atoms with Crippen molar-refractivity contribution in [2.45, 2.75) is 70.6 Å². The van der Waals surface area contributed by atoms with Gasteiger partial charge in [-0.15, -0.1) is 16.4 Å². The van der Waals surface area contributed by atoms with Crippen molar-refractivity contribution in [1.82, 2.24) is 30.1 Å². The first-order valence-electron chi connectivity index (χ1n) is 13.4. The van der Waals surface area contributed by atoms with Crippen molar-refractivity contribution < 1.29 is 4.42 Å². The molecule has 1 fully saturated rings. The van der Waals surface area contributed by atoms with Crippen LogP contribution in [0.5, 0.6) is 0 Å². The maximum absolute atomic E-state index is 13.7. The van der Waals surface area contributed by atoms with Gasteiger partial charge in [-0.05, 0) is 82.4 Å². The van der Waals surface area contributed by atoms with Crippen molar-refractivity contribution in [3.63, 3.8) is 0 Å². The molecule has 0 bridgehead atoms. The van der Waals surface area contributed by atoms with Crippen LogP contribution in [-0.4, -0.2) is 30.1 Å². The van der Waals surface area contributed by atoms with Crippen molar-refractivity contribution >= 4 is 22.2 Å². The number of aromatic nitrogens is 5. The minimum atomic E-state index is -0.461. The first-order chi connectivity index (χ1) is 18.7. The maximum atomic E-state index is 13.7. The van der Waals surface area contributed by atoms with E-state index in [9.17, 15) is 4.79 Å². The molecule has 0 saturated heterocycles. The molecule has 196 valence electrons. The molecule has 8 nitrogen and oxygen atoms in total. The number of hydrogen-bond acceptors (Lipinski definition) is 7. The average Bonchev–Trinajstić information content (AvgIpc) is 3.73. The average molecular weight is 529 g/mol. The second-order valence-electron chi connectivity index (χ2n) is 10.1. The summed E-state index contributed by atoms with van der Waals surface area (Å²) >= 11 is 1.70. The van der Waals surface area contributed by atoms with Crippen molar-refractivity contribution in [2.75, 3.05) is 0 Å². The van der Waals surface area contributed by atoms with Crippen LogP contribution < -0.4 is 5.56 Å². The molecule has 1 N–H and O–H groups in total. The summed E-state index contributed by atoms with van der Waals surface area (Å²) in [5, 5.41) is 16.3. The Kier molecular flexibility index (Phi) is 7.20. The van der Waals surface area contributed by atoms with Gasteiger partial charge in [0.2, 0.25) is 0 Å². The molecule has 9 heteroatoms. The van der Waals surface area contributed by atoms with E-state index in [1.54, 1.807) is 17.6 Å². The van der Waals surface area contributed by atoms with Crippen LogP contribution in [0, 0.1) is 0 Å². The largest absolute Gasteiger partial charge is 0.468 e. The van der Waals surface area contributed by atoms with E-state index in [0.717, 1.165) is 48.8 Å². The zero-order chi connectivity index (χ0) is 25.9. The summed E-state index contributed by atoms with van der Waals surface area (Å²) in [4.78, 5) is 20.3. The van der Waals surface area contributed by atoms with Gasteiger partial charge < -0.3 is 9.40 Å². The van der Waals surface area contributed by atoms with Crippen LogP contribution in [0.2, 0.25) is 0 Å². The number of aryl methyl sites for hydroxylation is 1. The quantitative estimate of drug-likeness (QED) is 0.251. The minimum absolute atomic E-state index is 0.124. The normalized spacial score (nSPS) is 15.4. The van der Waals surface area contributed by atoms with E-state index in [0.29, 0.717) is 24.5 Å². The van der Waals surface area contributed by atoms with Crippen molar-refractivity contribution in [3.8, 4) is 0 Å². The second kappa shape index (κ2) is 11.0. The van der Waals surface area contributed by atoms with Gasteiger partial charge in [0.25, 0.3) is 5.56 Å². The first-order valence-corrected chi connectivity index (χ1v) is 14.3. The van der Waals surface area contributed by atoms with Gasteiger partial charge in [0.1, 0.15) is 11.8 Å². The van der Waals surface area contributed by atoms with Crippen molar-refractivity contribution in [1.29, 1.82) is 0 Å². The monoisotopic (exact) mass is 528 g/mol. The van der Waals surface area contributed by atoms with Gasteiger partial charge in [-0.25, -0.2) is 4.68 Å². The van der Waals surface area contributed by atoms with Gasteiger partial charge >= 0.3 is 0 Å². The lowest BCUT2D eigenvalue weighted by atomic mass is 9.95. The fraction of sp³-hybridized carbons (Fsp3) is 0.379. The van der Waals surface area contributed by atoms with Gasteiger partial charge in [0, 0.05) is 22.5 Å². The number of furan rings is 1. The topological polar surface area (TPSA) is 92.8 Å². The van der Waals surface area contributed by atoms with E-state index < -0.39 is 6.04 Å². The van der Waals surface area contributed by atoms with Crippen LogP contribution in [0.1, 0.15) is 78.7 Å². The Morgan fingerprint density at radius 1 is 1.13 bits per heavy atom. The van der Waals surface area contributed by atoms with Gasteiger partial charge in [-0.1, -0.05) is 38.3 Å². The molecule has 0 amide bonds. The molecule has 1 aliphatic carbocycles. The smallest absolute Gasteiger partial charge is 0.253 e. The fourth-order valence-electron chi connectivity index (χ4n) is 5.61. The van der Waals surface area contributed by atoms with E-state index >= 15 is 0 Å². The van der Waals surface area contributed by atoms with Crippen LogP contribution in [0.4, 0.5) is 0 Å². The second-order valence-corrected chi connectivity index (χ2v) is 11.1. The van der Waals surface area contributed by atoms with Crippen LogP contribution in [0.3, 0.4) is 0 Å². The standard InChI is InChI=1S/C29H32N6O2S/c1-2-20-12-13-26-21(16-20)17-25(29(36)30-26)27(28-31-32-33-35(28)22-8-4-3-5-9-22)34(18-23-10-6-14-37-23)19-24-11-7-15-38-24/h6-7,10-17,22,27H,2-5,8-9,18-19H2,1H3,(H,30,36). The Labute approximate surface area is 225 Å². The van der Waals surface area contributed by atoms with E-state index in [2.05, 4.69) is 62.0 Å². The fourth-order valence-corrected chi connectivity index (χ4v) is 6.33. The highest BCUT2D eigenvalue weighted by Crippen LogP contribution is 2.35. The van der Waals surface area contributed by atoms with Crippen molar-refractivity contribution in [2.24, 2.45) is 0 Å². The number of hydrogen-bond donors (Lipinski definition) is 1. The Morgan fingerprint density at radius 2 is 2.03 bits per heavy atom. The zero-order valence-electron chi connectivity index (χ0n) is 21.5. The summed E-state index contributed by atoms with van der Waals surface area (Å²) in [6.45, 7) is 3.29. The van der Waals surface area contributed by atoms with E-state index in [4.69, 9.17) is 4.42 Å². The van der Waals surface area contributed by atoms with Gasteiger partial charge in [-0.3, -0.25) is 9.69 Å². The lowest BCUT2D eigenvalue weighted by Gasteiger charge is -2.31. The number of nitrogens with one attached hydrogen (secondary N) is 1. The van der Waals surface area contributed by atoms with Crippen LogP contribution in [0.15, 0.2) is 69.4 Å². The summed E-state index contributed by atoms with van der Waals surface area (Å²) in [7, 11) is 0. The van der Waals surface area contributed by atoms with E-state index in [-0.39, 0.29) is 11.6 Å². The maximum Gasteiger partial charge on any atom is 0.253 e. The van der Waals surface area contributed by atoms with Crippen LogP contribution >= 0.6 is 11.3 Å². The Balaban J connectivity index is 1.52. The Hall–Kier alpha value is -3.56. The Morgan fingerprint density at radius 3 is 2.79 bits per heavy atom. The molecule has 1 unspecified atom stereocenters. The molecular formula is C29H32N6O2S. The zero-order valence-corrected chi connectivity index (χ0v) is 22.4. The van der Waals surface area contributed by atoms with E-state index in [1.807, 2.05) is 28.9 Å². The number of pyridine rings is 1. The molecule has 1 aliphatic rings. The Bertz CT molecular complexity index is 1500. The lowest BCUT2D eigenvalue weighted by Crippen LogP contribution is -2.35. The predicted molar refractivity (Wildman–Crippen MR) is 148 cm³/mol. The summed E-state index contributed by atoms with van der Waals surface area (Å²) < 4.78 is 7.77. The minimum Gasteiger partial charge on any atom is -0.468 e. The molecule has 1 saturated carbocycles. The third-order valence-corrected chi connectivity index (χ3v) is 8.43. The molecule has 0 aliphatic heterocycles. The molecule has 0 radical (unpaired) electrons. The number of nitrogens with zero attached hydrogens (tertiary/aromatic N) is 5. The number of fused-ring (bicyclic) bond motifs is 1. The molecule has 1 aromatic carbocycles. The highest BCUT2D eigenvalue weighted by molar-refractivity contribution is 7.09. The van der Waals surface area contributed by atoms with E-state index in [1.165, 1.54) is 16.9 Å². The van der Waals surface area contributed by atoms with Crippen molar-refractivity contribution in [3.05, 3.63) is 98.1 Å². The summed E-state index contributed by atoms with van der Waals surface area (Å²) in [5.74, 6) is 1.53. The third-order valence-electron chi connectivity index (χ3n) is 7.57. The third kappa shape index (κ3) is 5.08. The number of tetrazole rings is 1. The molecule has 38 heavy (non-hydrogen) atoms. The highest BCUT2D eigenvalue weighted by atomic mass is 32.1. The number of thiophene rings is 1. The van der Waals surface area contributed by atoms with Gasteiger partial charge in [0.15, 0.2) is 5.82 Å². The summed E-state index contributed by atoms with van der Waals surface area (Å²) in [6, 6.07) is 16.1. The molecule has 4 aromatic heterocycles. The van der Waals surface area contributed by atoms with Crippen LogP contribution in [0.25, 0.3) is 10.9 Å². The molecule has 1 atom stereocenters.